The van der Waals surface area contributed by atoms with Crippen LogP contribution in [-0.2, 0) is 24.2 Å². The molecule has 1 aliphatic heterocycles. The summed E-state index contributed by atoms with van der Waals surface area (Å²) in [4.78, 5) is 0. The van der Waals surface area contributed by atoms with E-state index in [4.69, 9.17) is 4.74 Å². The van der Waals surface area contributed by atoms with E-state index in [0.717, 1.165) is 52.1 Å². The van der Waals surface area contributed by atoms with Crippen molar-refractivity contribution < 1.29 is 9.84 Å². The van der Waals surface area contributed by atoms with Crippen LogP contribution < -0.4 is 5.32 Å². The van der Waals surface area contributed by atoms with Crippen molar-refractivity contribution in [1.29, 1.82) is 0 Å². The number of nitrogens with one attached hydrogen (secondary N) is 1. The fourth-order valence-electron chi connectivity index (χ4n) is 3.36. The molecule has 0 amide bonds. The molecule has 2 aromatic rings. The molecule has 1 atom stereocenters. The molecule has 130 valence electrons. The molecule has 0 bridgehead atoms. The molecule has 0 saturated carbocycles. The van der Waals surface area contributed by atoms with E-state index >= 15 is 0 Å². The number of rotatable bonds is 9. The number of nitrogens with zero attached hydrogens (tertiary/aromatic N) is 2. The summed E-state index contributed by atoms with van der Waals surface area (Å²) in [5.74, 6) is 0. The fourth-order valence-corrected chi connectivity index (χ4v) is 3.36. The van der Waals surface area contributed by atoms with Gasteiger partial charge in [-0.15, -0.1) is 0 Å². The van der Waals surface area contributed by atoms with Gasteiger partial charge in [0, 0.05) is 44.5 Å². The summed E-state index contributed by atoms with van der Waals surface area (Å²) in [5.41, 5.74) is 2.62. The summed E-state index contributed by atoms with van der Waals surface area (Å²) in [6, 6.07) is 12.6. The molecule has 5 nitrogen and oxygen atoms in total. The topological polar surface area (TPSA) is 59.3 Å². The third-order valence-electron chi connectivity index (χ3n) is 4.89. The Bertz CT molecular complexity index is 606. The number of hydrogen-bond acceptors (Lipinski definition) is 4. The van der Waals surface area contributed by atoms with E-state index in [1.165, 1.54) is 11.3 Å². The second kappa shape index (κ2) is 8.42. The van der Waals surface area contributed by atoms with E-state index in [9.17, 15) is 5.11 Å². The highest BCUT2D eigenvalue weighted by atomic mass is 16.5. The first kappa shape index (κ1) is 17.1. The predicted octanol–water partition coefficient (Wildman–Crippen LogP) is 2.00. The van der Waals surface area contributed by atoms with Gasteiger partial charge >= 0.3 is 0 Å². The number of aromatic nitrogens is 2. The van der Waals surface area contributed by atoms with Crippen molar-refractivity contribution in [2.24, 2.45) is 5.41 Å². The van der Waals surface area contributed by atoms with Gasteiger partial charge in [0.25, 0.3) is 0 Å². The van der Waals surface area contributed by atoms with Crippen molar-refractivity contribution in [1.82, 2.24) is 15.1 Å². The first-order chi connectivity index (χ1) is 11.8. The van der Waals surface area contributed by atoms with Crippen LogP contribution in [0.25, 0.3) is 0 Å². The Hall–Kier alpha value is -1.69. The van der Waals surface area contributed by atoms with Gasteiger partial charge in [0.05, 0.1) is 12.3 Å². The minimum absolute atomic E-state index is 0.0869. The van der Waals surface area contributed by atoms with Crippen molar-refractivity contribution in [2.75, 3.05) is 26.4 Å². The summed E-state index contributed by atoms with van der Waals surface area (Å²) >= 11 is 0. The van der Waals surface area contributed by atoms with Crippen molar-refractivity contribution in [3.63, 3.8) is 0 Å². The molecule has 1 aromatic carbocycles. The summed E-state index contributed by atoms with van der Waals surface area (Å²) < 4.78 is 7.62. The van der Waals surface area contributed by atoms with Crippen LogP contribution >= 0.6 is 0 Å². The van der Waals surface area contributed by atoms with Gasteiger partial charge in [-0.25, -0.2) is 0 Å². The molecule has 2 N–H and O–H groups in total. The maximum atomic E-state index is 9.30. The highest BCUT2D eigenvalue weighted by Crippen LogP contribution is 2.31. The van der Waals surface area contributed by atoms with E-state index in [2.05, 4.69) is 45.4 Å². The van der Waals surface area contributed by atoms with Gasteiger partial charge in [-0.05, 0) is 30.9 Å². The first-order valence-corrected chi connectivity index (χ1v) is 8.75. The van der Waals surface area contributed by atoms with E-state index in [-0.39, 0.29) is 12.0 Å². The number of hydrogen-bond donors (Lipinski definition) is 2. The molecule has 3 rings (SSSR count). The molecule has 0 spiro atoms. The third-order valence-corrected chi connectivity index (χ3v) is 4.89. The lowest BCUT2D eigenvalue weighted by molar-refractivity contribution is 0.124. The Labute approximate surface area is 143 Å². The fraction of sp³-hybridized carbons (Fsp3) is 0.526. The molecule has 1 saturated heterocycles. The van der Waals surface area contributed by atoms with Crippen molar-refractivity contribution in [3.8, 4) is 0 Å². The normalized spacial score (nSPS) is 20.5. The molecular weight excluding hydrogens is 302 g/mol. The Morgan fingerprint density at radius 2 is 2.12 bits per heavy atom. The number of aliphatic hydroxyl groups is 1. The molecule has 5 heteroatoms. The second-order valence-corrected chi connectivity index (χ2v) is 6.66. The summed E-state index contributed by atoms with van der Waals surface area (Å²) in [5, 5.41) is 17.3. The summed E-state index contributed by atoms with van der Waals surface area (Å²) in [7, 11) is 0. The van der Waals surface area contributed by atoms with Crippen LogP contribution in [0.2, 0.25) is 0 Å². The minimum atomic E-state index is 0.0869. The molecule has 1 aromatic heterocycles. The predicted molar refractivity (Wildman–Crippen MR) is 93.7 cm³/mol. The van der Waals surface area contributed by atoms with Crippen molar-refractivity contribution in [2.45, 2.75) is 32.4 Å². The lowest BCUT2D eigenvalue weighted by Crippen LogP contribution is -2.35. The standard InChI is InChI=1S/C19H27N3O2/c23-12-8-19(9-13-24-16-19)15-20-14-18-6-10-21-22(18)11-7-17-4-2-1-3-5-17/h1-6,10,20,23H,7-9,11-16H2. The summed E-state index contributed by atoms with van der Waals surface area (Å²) in [6.07, 6.45) is 4.67. The molecule has 1 aliphatic rings. The highest BCUT2D eigenvalue weighted by molar-refractivity contribution is 5.14. The van der Waals surface area contributed by atoms with E-state index in [1.54, 1.807) is 0 Å². The Morgan fingerprint density at radius 1 is 1.25 bits per heavy atom. The third kappa shape index (κ3) is 4.44. The van der Waals surface area contributed by atoms with Crippen LogP contribution in [0, 0.1) is 5.41 Å². The van der Waals surface area contributed by atoms with Crippen LogP contribution in [0.5, 0.6) is 0 Å². The van der Waals surface area contributed by atoms with E-state index in [0.29, 0.717) is 0 Å². The zero-order valence-electron chi connectivity index (χ0n) is 14.2. The highest BCUT2D eigenvalue weighted by Gasteiger charge is 2.33. The van der Waals surface area contributed by atoms with Crippen LogP contribution in [0.1, 0.15) is 24.1 Å². The molecule has 0 aliphatic carbocycles. The van der Waals surface area contributed by atoms with Gasteiger partial charge in [0.15, 0.2) is 0 Å². The van der Waals surface area contributed by atoms with Crippen LogP contribution in [0.3, 0.4) is 0 Å². The zero-order chi connectivity index (χ0) is 16.7. The van der Waals surface area contributed by atoms with Gasteiger partial charge < -0.3 is 15.2 Å². The van der Waals surface area contributed by atoms with Gasteiger partial charge in [-0.3, -0.25) is 4.68 Å². The van der Waals surface area contributed by atoms with Crippen LogP contribution in [-0.4, -0.2) is 41.3 Å². The Morgan fingerprint density at radius 3 is 2.88 bits per heavy atom. The SMILES string of the molecule is OCCC1(CNCc2ccnn2CCc2ccccc2)CCOC1. The van der Waals surface area contributed by atoms with Gasteiger partial charge in [-0.2, -0.15) is 5.10 Å². The van der Waals surface area contributed by atoms with Crippen molar-refractivity contribution >= 4 is 0 Å². The van der Waals surface area contributed by atoms with Gasteiger partial charge in [0.1, 0.15) is 0 Å². The average Bonchev–Trinajstić information content (AvgIpc) is 3.24. The van der Waals surface area contributed by atoms with E-state index < -0.39 is 0 Å². The molecular formula is C19H27N3O2. The zero-order valence-corrected chi connectivity index (χ0v) is 14.2. The molecule has 24 heavy (non-hydrogen) atoms. The molecule has 1 fully saturated rings. The van der Waals surface area contributed by atoms with Gasteiger partial charge in [-0.1, -0.05) is 30.3 Å². The smallest absolute Gasteiger partial charge is 0.0536 e. The van der Waals surface area contributed by atoms with E-state index in [1.807, 2.05) is 12.3 Å². The Balaban J connectivity index is 1.50. The molecule has 1 unspecified atom stereocenters. The number of ether oxygens (including phenoxy) is 1. The maximum absolute atomic E-state index is 9.30. The second-order valence-electron chi connectivity index (χ2n) is 6.66. The monoisotopic (exact) mass is 329 g/mol. The lowest BCUT2D eigenvalue weighted by atomic mass is 9.84. The number of benzene rings is 1. The van der Waals surface area contributed by atoms with Crippen LogP contribution in [0.15, 0.2) is 42.6 Å². The van der Waals surface area contributed by atoms with Gasteiger partial charge in [0.2, 0.25) is 0 Å². The largest absolute Gasteiger partial charge is 0.396 e. The quantitative estimate of drug-likeness (QED) is 0.739. The molecule has 2 heterocycles. The first-order valence-electron chi connectivity index (χ1n) is 8.75. The number of aliphatic hydroxyl groups excluding tert-OH is 1. The Kier molecular flexibility index (Phi) is 6.01. The average molecular weight is 329 g/mol. The number of aryl methyl sites for hydroxylation is 2. The molecule has 0 radical (unpaired) electrons. The lowest BCUT2D eigenvalue weighted by Gasteiger charge is -2.26. The van der Waals surface area contributed by atoms with Crippen molar-refractivity contribution in [3.05, 3.63) is 53.9 Å². The minimum Gasteiger partial charge on any atom is -0.396 e. The summed E-state index contributed by atoms with van der Waals surface area (Å²) in [6.45, 7) is 4.32. The maximum Gasteiger partial charge on any atom is 0.0536 e. The van der Waals surface area contributed by atoms with Crippen LogP contribution in [0.4, 0.5) is 0 Å².